The molecule has 0 aliphatic carbocycles. The number of benzene rings is 1. The number of nitrogens with zero attached hydrogens (tertiary/aromatic N) is 1. The van der Waals surface area contributed by atoms with Crippen molar-refractivity contribution in [3.8, 4) is 0 Å². The van der Waals surface area contributed by atoms with E-state index in [9.17, 15) is 5.11 Å². The number of amidine groups is 1. The quantitative estimate of drug-likeness (QED) is 0.447. The molecule has 2 unspecified atom stereocenters. The van der Waals surface area contributed by atoms with Crippen molar-refractivity contribution >= 4 is 23.3 Å². The van der Waals surface area contributed by atoms with Crippen LogP contribution in [0.4, 0.5) is 5.69 Å². The van der Waals surface area contributed by atoms with Crippen LogP contribution in [0.3, 0.4) is 0 Å². The second kappa shape index (κ2) is 5.84. The second-order valence-electron chi connectivity index (χ2n) is 5.00. The Morgan fingerprint density at radius 1 is 1.58 bits per heavy atom. The fraction of sp³-hybridized carbons (Fsp3) is 0.500. The SMILES string of the molecule is CSc1cccc(N2CCC(C(C)O)C2)c1C(=N)N. The molecule has 2 atom stereocenters. The molecule has 0 radical (unpaired) electrons. The van der Waals surface area contributed by atoms with E-state index in [1.165, 1.54) is 0 Å². The number of aliphatic hydroxyl groups is 1. The minimum Gasteiger partial charge on any atom is -0.393 e. The van der Waals surface area contributed by atoms with Crippen LogP contribution in [0.5, 0.6) is 0 Å². The zero-order chi connectivity index (χ0) is 14.0. The van der Waals surface area contributed by atoms with Crippen LogP contribution in [0.2, 0.25) is 0 Å². The first-order valence-electron chi connectivity index (χ1n) is 6.49. The first-order chi connectivity index (χ1) is 9.04. The third kappa shape index (κ3) is 2.87. The van der Waals surface area contributed by atoms with Gasteiger partial charge in [-0.15, -0.1) is 11.8 Å². The molecule has 1 aromatic rings. The Bertz CT molecular complexity index is 476. The molecule has 2 rings (SSSR count). The van der Waals surface area contributed by atoms with Crippen LogP contribution in [0, 0.1) is 11.3 Å². The molecule has 1 aliphatic heterocycles. The van der Waals surface area contributed by atoms with Crippen molar-refractivity contribution in [3.63, 3.8) is 0 Å². The lowest BCUT2D eigenvalue weighted by molar-refractivity contribution is 0.136. The van der Waals surface area contributed by atoms with Crippen molar-refractivity contribution in [1.29, 1.82) is 5.41 Å². The van der Waals surface area contributed by atoms with Crippen molar-refractivity contribution in [2.75, 3.05) is 24.2 Å². The van der Waals surface area contributed by atoms with Gasteiger partial charge in [0, 0.05) is 29.6 Å². The van der Waals surface area contributed by atoms with Crippen molar-refractivity contribution in [2.24, 2.45) is 11.7 Å². The summed E-state index contributed by atoms with van der Waals surface area (Å²) in [5.74, 6) is 0.415. The van der Waals surface area contributed by atoms with Crippen molar-refractivity contribution in [3.05, 3.63) is 23.8 Å². The number of nitrogen functional groups attached to an aromatic ring is 1. The molecule has 0 aromatic heterocycles. The Morgan fingerprint density at radius 2 is 2.32 bits per heavy atom. The minimum atomic E-state index is -0.283. The van der Waals surface area contributed by atoms with Gasteiger partial charge in [0.15, 0.2) is 0 Å². The van der Waals surface area contributed by atoms with Gasteiger partial charge in [0.2, 0.25) is 0 Å². The molecule has 19 heavy (non-hydrogen) atoms. The third-order valence-corrected chi connectivity index (χ3v) is 4.52. The number of hydrogen-bond acceptors (Lipinski definition) is 4. The zero-order valence-corrected chi connectivity index (χ0v) is 12.2. The highest BCUT2D eigenvalue weighted by atomic mass is 32.2. The van der Waals surface area contributed by atoms with Gasteiger partial charge in [-0.2, -0.15) is 0 Å². The molecule has 0 spiro atoms. The van der Waals surface area contributed by atoms with Crippen LogP contribution in [-0.4, -0.2) is 36.4 Å². The Morgan fingerprint density at radius 3 is 2.84 bits per heavy atom. The summed E-state index contributed by atoms with van der Waals surface area (Å²) in [5, 5.41) is 17.5. The number of aliphatic hydroxyl groups excluding tert-OH is 1. The van der Waals surface area contributed by atoms with Gasteiger partial charge in [0.05, 0.1) is 11.7 Å². The molecule has 1 aliphatic rings. The van der Waals surface area contributed by atoms with E-state index in [0.717, 1.165) is 35.7 Å². The number of nitrogens with two attached hydrogens (primary N) is 1. The fourth-order valence-electron chi connectivity index (χ4n) is 2.62. The van der Waals surface area contributed by atoms with Gasteiger partial charge in [-0.05, 0) is 31.7 Å². The molecule has 1 heterocycles. The molecular formula is C14H21N3OS. The molecular weight excluding hydrogens is 258 g/mol. The molecule has 104 valence electrons. The highest BCUT2D eigenvalue weighted by molar-refractivity contribution is 7.98. The average molecular weight is 279 g/mol. The normalized spacial score (nSPS) is 20.6. The lowest BCUT2D eigenvalue weighted by Gasteiger charge is -2.23. The summed E-state index contributed by atoms with van der Waals surface area (Å²) < 4.78 is 0. The van der Waals surface area contributed by atoms with E-state index in [1.54, 1.807) is 11.8 Å². The standard InChI is InChI=1S/C14H21N3OS/c1-9(18)10-6-7-17(8-10)11-4-3-5-12(19-2)13(11)14(15)16/h3-5,9-10,18H,6-8H2,1-2H3,(H3,15,16). The van der Waals surface area contributed by atoms with Gasteiger partial charge in [0.25, 0.3) is 0 Å². The minimum absolute atomic E-state index is 0.112. The van der Waals surface area contributed by atoms with Crippen molar-refractivity contribution < 1.29 is 5.11 Å². The van der Waals surface area contributed by atoms with Crippen LogP contribution < -0.4 is 10.6 Å². The Balaban J connectivity index is 2.33. The van der Waals surface area contributed by atoms with Crippen LogP contribution in [0.25, 0.3) is 0 Å². The van der Waals surface area contributed by atoms with E-state index >= 15 is 0 Å². The van der Waals surface area contributed by atoms with Gasteiger partial charge < -0.3 is 15.7 Å². The fourth-order valence-corrected chi connectivity index (χ4v) is 3.26. The maximum absolute atomic E-state index is 9.70. The second-order valence-corrected chi connectivity index (χ2v) is 5.85. The Labute approximate surface area is 118 Å². The Kier molecular flexibility index (Phi) is 4.37. The van der Waals surface area contributed by atoms with Gasteiger partial charge in [-0.3, -0.25) is 5.41 Å². The summed E-state index contributed by atoms with van der Waals surface area (Å²) in [6, 6.07) is 6.01. The molecule has 4 N–H and O–H groups in total. The van der Waals surface area contributed by atoms with Crippen LogP contribution in [0.15, 0.2) is 23.1 Å². The molecule has 1 aromatic carbocycles. The predicted octanol–water partition coefficient (Wildman–Crippen LogP) is 1.90. The van der Waals surface area contributed by atoms with Crippen molar-refractivity contribution in [1.82, 2.24) is 0 Å². The molecule has 0 saturated carbocycles. The summed E-state index contributed by atoms with van der Waals surface area (Å²) in [6.45, 7) is 3.59. The summed E-state index contributed by atoms with van der Waals surface area (Å²) >= 11 is 1.61. The predicted molar refractivity (Wildman–Crippen MR) is 81.2 cm³/mol. The average Bonchev–Trinajstić information content (AvgIpc) is 2.87. The smallest absolute Gasteiger partial charge is 0.126 e. The van der Waals surface area contributed by atoms with Crippen molar-refractivity contribution in [2.45, 2.75) is 24.3 Å². The third-order valence-electron chi connectivity index (χ3n) is 3.74. The zero-order valence-electron chi connectivity index (χ0n) is 11.4. The molecule has 0 bridgehead atoms. The van der Waals surface area contributed by atoms with Gasteiger partial charge in [0.1, 0.15) is 5.84 Å². The molecule has 1 fully saturated rings. The first-order valence-corrected chi connectivity index (χ1v) is 7.71. The number of thioether (sulfide) groups is 1. The number of hydrogen-bond donors (Lipinski definition) is 3. The molecule has 5 heteroatoms. The van der Waals surface area contributed by atoms with Crippen LogP contribution in [0.1, 0.15) is 18.9 Å². The molecule has 1 saturated heterocycles. The van der Waals surface area contributed by atoms with Gasteiger partial charge in [-0.25, -0.2) is 0 Å². The molecule has 4 nitrogen and oxygen atoms in total. The maximum Gasteiger partial charge on any atom is 0.126 e. The van der Waals surface area contributed by atoms with Gasteiger partial charge in [-0.1, -0.05) is 6.07 Å². The van der Waals surface area contributed by atoms with Gasteiger partial charge >= 0.3 is 0 Å². The van der Waals surface area contributed by atoms with E-state index < -0.39 is 0 Å². The van der Waals surface area contributed by atoms with E-state index in [-0.39, 0.29) is 11.9 Å². The maximum atomic E-state index is 9.70. The number of anilines is 1. The lowest BCUT2D eigenvalue weighted by Crippen LogP contribution is -2.26. The number of nitrogens with one attached hydrogen (secondary N) is 1. The van der Waals surface area contributed by atoms with E-state index in [0.29, 0.717) is 5.92 Å². The number of rotatable bonds is 4. The summed E-state index contributed by atoms with van der Waals surface area (Å²) in [6.07, 6.45) is 2.70. The van der Waals surface area contributed by atoms with E-state index in [4.69, 9.17) is 11.1 Å². The largest absolute Gasteiger partial charge is 0.393 e. The lowest BCUT2D eigenvalue weighted by atomic mass is 10.0. The highest BCUT2D eigenvalue weighted by Crippen LogP contribution is 2.33. The Hall–Kier alpha value is -1.20. The summed E-state index contributed by atoms with van der Waals surface area (Å²) in [7, 11) is 0. The molecule has 0 amide bonds. The summed E-state index contributed by atoms with van der Waals surface area (Å²) in [5.41, 5.74) is 7.58. The van der Waals surface area contributed by atoms with E-state index in [1.807, 2.05) is 31.4 Å². The summed E-state index contributed by atoms with van der Waals surface area (Å²) in [4.78, 5) is 3.26. The monoisotopic (exact) mass is 279 g/mol. The highest BCUT2D eigenvalue weighted by Gasteiger charge is 2.28. The topological polar surface area (TPSA) is 73.3 Å². The van der Waals surface area contributed by atoms with Crippen LogP contribution >= 0.6 is 11.8 Å². The first kappa shape index (κ1) is 14.2. The van der Waals surface area contributed by atoms with Crippen LogP contribution in [-0.2, 0) is 0 Å². The van der Waals surface area contributed by atoms with E-state index in [2.05, 4.69) is 4.90 Å².